The molecular formula is C42H48SiZr. The molecule has 0 saturated heterocycles. The van der Waals surface area contributed by atoms with E-state index in [4.69, 9.17) is 0 Å². The van der Waals surface area contributed by atoms with Crippen LogP contribution in [-0.2, 0) is 41.5 Å². The first kappa shape index (κ1) is 33.0. The summed E-state index contributed by atoms with van der Waals surface area (Å²) >= 11 is 1.46. The zero-order chi connectivity index (χ0) is 32.2. The first-order valence-corrected chi connectivity index (χ1v) is 21.0. The van der Waals surface area contributed by atoms with Crippen LogP contribution in [-0.4, -0.2) is 11.8 Å². The second-order valence-electron chi connectivity index (χ2n) is 15.2. The molecule has 3 aromatic carbocycles. The summed E-state index contributed by atoms with van der Waals surface area (Å²) in [5.74, 6) is 0.553. The molecule has 0 bridgehead atoms. The van der Waals surface area contributed by atoms with E-state index in [0.29, 0.717) is 5.92 Å². The molecular weight excluding hydrogens is 624 g/mol. The van der Waals surface area contributed by atoms with Crippen LogP contribution in [0.1, 0.15) is 94.3 Å². The van der Waals surface area contributed by atoms with Crippen molar-refractivity contribution < 1.29 is 24.2 Å². The van der Waals surface area contributed by atoms with Gasteiger partial charge in [-0.2, -0.15) is 11.6 Å². The van der Waals surface area contributed by atoms with Crippen LogP contribution in [0.15, 0.2) is 77.5 Å². The third-order valence-electron chi connectivity index (χ3n) is 9.47. The number of benzene rings is 3. The SMILES string of the molecule is CC1=[C-]C(C)(C)c2cc3c(cc21)-c1cc2c(cc1C3)C(C)(C)C=C2C.CC1=[C-]C(C)C=C1[Si](C)(C)C.[Zr+2]=[CH]c1ccccc1. The predicted octanol–water partition coefficient (Wildman–Crippen LogP) is 11.0. The van der Waals surface area contributed by atoms with Crippen LogP contribution in [0.3, 0.4) is 0 Å². The van der Waals surface area contributed by atoms with E-state index >= 15 is 0 Å². The maximum atomic E-state index is 3.65. The summed E-state index contributed by atoms with van der Waals surface area (Å²) in [7, 11) is -1.07. The van der Waals surface area contributed by atoms with Crippen LogP contribution in [0.2, 0.25) is 19.6 Å². The minimum absolute atomic E-state index is 0.0340. The van der Waals surface area contributed by atoms with Crippen molar-refractivity contribution in [3.63, 3.8) is 0 Å². The first-order valence-electron chi connectivity index (χ1n) is 16.1. The van der Waals surface area contributed by atoms with Crippen molar-refractivity contribution in [2.45, 2.75) is 92.3 Å². The third kappa shape index (κ3) is 6.45. The van der Waals surface area contributed by atoms with Gasteiger partial charge in [0.1, 0.15) is 0 Å². The van der Waals surface area contributed by atoms with E-state index in [2.05, 4.69) is 152 Å². The maximum absolute atomic E-state index is 3.65. The molecule has 44 heavy (non-hydrogen) atoms. The molecule has 2 heteroatoms. The van der Waals surface area contributed by atoms with Crippen molar-refractivity contribution in [1.82, 2.24) is 0 Å². The van der Waals surface area contributed by atoms with E-state index in [9.17, 15) is 0 Å². The van der Waals surface area contributed by atoms with Gasteiger partial charge >= 0.3 is 63.8 Å². The van der Waals surface area contributed by atoms with Crippen LogP contribution in [0, 0.1) is 18.1 Å². The first-order chi connectivity index (χ1) is 20.5. The Morgan fingerprint density at radius 3 is 1.89 bits per heavy atom. The standard InChI is InChI=1S/C25H25.C10H17Si.C7H6.Zr/c1-14-12-24(3,4)22-8-16-7-17-9-23-19(15(2)13-25(23,5)6)11-21(17)20(16)10-18(14)22;1-8-6-9(2)10(7-8)11(3,4)5;1-7-5-3-2-4-6-7;/h8-12H,7H2,1-6H3;7-8H,1-5H3;1-6H;/q2*-1;;+2. The molecule has 0 heterocycles. The molecule has 0 spiro atoms. The summed E-state index contributed by atoms with van der Waals surface area (Å²) in [4.78, 5) is 0. The Balaban J connectivity index is 0.000000167. The normalized spacial score (nSPS) is 19.5. The monoisotopic (exact) mass is 670 g/mol. The quantitative estimate of drug-likeness (QED) is 0.147. The molecule has 0 N–H and O–H groups in total. The van der Waals surface area contributed by atoms with Gasteiger partial charge in [0, 0.05) is 5.41 Å². The van der Waals surface area contributed by atoms with Crippen molar-refractivity contribution in [1.29, 1.82) is 0 Å². The van der Waals surface area contributed by atoms with Gasteiger partial charge in [-0.3, -0.25) is 12.2 Å². The molecule has 4 aliphatic rings. The van der Waals surface area contributed by atoms with Crippen molar-refractivity contribution in [2.24, 2.45) is 5.92 Å². The van der Waals surface area contributed by atoms with Crippen molar-refractivity contribution in [3.05, 3.63) is 129 Å². The van der Waals surface area contributed by atoms with Gasteiger partial charge in [0.2, 0.25) is 0 Å². The van der Waals surface area contributed by atoms with Crippen LogP contribution in [0.25, 0.3) is 22.3 Å². The molecule has 0 radical (unpaired) electrons. The van der Waals surface area contributed by atoms with Crippen molar-refractivity contribution >= 4 is 22.9 Å². The Hall–Kier alpha value is -2.41. The number of rotatable bonds is 2. The second kappa shape index (κ2) is 12.1. The van der Waals surface area contributed by atoms with Gasteiger partial charge in [-0.1, -0.05) is 97.6 Å². The summed E-state index contributed by atoms with van der Waals surface area (Å²) in [6.07, 6.45) is 12.9. The average Bonchev–Trinajstić information content (AvgIpc) is 3.62. The summed E-state index contributed by atoms with van der Waals surface area (Å²) < 4.78 is 2.17. The van der Waals surface area contributed by atoms with Crippen LogP contribution in [0.4, 0.5) is 0 Å². The van der Waals surface area contributed by atoms with Crippen LogP contribution >= 0.6 is 0 Å². The fourth-order valence-electron chi connectivity index (χ4n) is 7.47. The molecule has 0 saturated carbocycles. The molecule has 3 aromatic rings. The Kier molecular flexibility index (Phi) is 9.05. The summed E-state index contributed by atoms with van der Waals surface area (Å²) in [5.41, 5.74) is 17.3. The number of allylic oxidation sites excluding steroid dienone is 8. The zero-order valence-corrected chi connectivity index (χ0v) is 32.2. The Morgan fingerprint density at radius 1 is 0.795 bits per heavy atom. The second-order valence-corrected chi connectivity index (χ2v) is 20.9. The Morgan fingerprint density at radius 2 is 1.39 bits per heavy atom. The average molecular weight is 672 g/mol. The Bertz CT molecular complexity index is 1670. The molecule has 0 nitrogen and oxygen atoms in total. The van der Waals surface area contributed by atoms with Gasteiger partial charge in [-0.15, -0.1) is 11.6 Å². The number of hydrogen-bond acceptors (Lipinski definition) is 0. The molecule has 0 amide bonds. The predicted molar refractivity (Wildman–Crippen MR) is 191 cm³/mol. The molecule has 0 fully saturated rings. The fraction of sp³-hybridized carbons (Fsp3) is 0.357. The molecule has 1 unspecified atom stereocenters. The van der Waals surface area contributed by atoms with Crippen molar-refractivity contribution in [2.75, 3.05) is 0 Å². The minimum atomic E-state index is -1.07. The van der Waals surface area contributed by atoms with Gasteiger partial charge in [0.15, 0.2) is 0 Å². The fourth-order valence-corrected chi connectivity index (χ4v) is 9.89. The van der Waals surface area contributed by atoms with Crippen LogP contribution < -0.4 is 0 Å². The van der Waals surface area contributed by atoms with E-state index in [0.717, 1.165) is 6.42 Å². The summed E-state index contributed by atoms with van der Waals surface area (Å²) in [6, 6.07) is 20.2. The third-order valence-corrected chi connectivity index (χ3v) is 12.4. The van der Waals surface area contributed by atoms with E-state index in [1.54, 1.807) is 5.20 Å². The zero-order valence-electron chi connectivity index (χ0n) is 28.7. The van der Waals surface area contributed by atoms with Gasteiger partial charge in [-0.05, 0) is 66.4 Å². The van der Waals surface area contributed by atoms with Crippen molar-refractivity contribution in [3.8, 4) is 11.1 Å². The molecule has 224 valence electrons. The summed E-state index contributed by atoms with van der Waals surface area (Å²) in [6.45, 7) is 25.2. The van der Waals surface area contributed by atoms with Crippen LogP contribution in [0.5, 0.6) is 0 Å². The Labute approximate surface area is 283 Å². The van der Waals surface area contributed by atoms with E-state index in [1.807, 2.05) is 6.07 Å². The van der Waals surface area contributed by atoms with Gasteiger partial charge in [0.25, 0.3) is 0 Å². The topological polar surface area (TPSA) is 0 Å². The van der Waals surface area contributed by atoms with Gasteiger partial charge < -0.3 is 0 Å². The van der Waals surface area contributed by atoms with E-state index in [1.165, 1.54) is 91.0 Å². The van der Waals surface area contributed by atoms with Gasteiger partial charge in [0.05, 0.1) is 0 Å². The molecule has 0 aromatic heterocycles. The molecule has 1 atom stereocenters. The van der Waals surface area contributed by atoms with Gasteiger partial charge in [-0.25, -0.2) is 16.3 Å². The van der Waals surface area contributed by atoms with E-state index < -0.39 is 8.07 Å². The molecule has 4 aliphatic carbocycles. The number of hydrogen-bond donors (Lipinski definition) is 0. The molecule has 0 aliphatic heterocycles. The molecule has 7 rings (SSSR count). The summed E-state index contributed by atoms with van der Waals surface area (Å²) in [5, 5.41) is 1.60. The number of fused-ring (bicyclic) bond motifs is 5. The van der Waals surface area contributed by atoms with E-state index in [-0.39, 0.29) is 10.8 Å².